The van der Waals surface area contributed by atoms with Crippen molar-refractivity contribution in [3.63, 3.8) is 0 Å². The van der Waals surface area contributed by atoms with E-state index in [1.165, 1.54) is 6.08 Å². The number of likely N-dealkylation sites (tertiary alicyclic amines) is 1. The van der Waals surface area contributed by atoms with E-state index in [0.717, 1.165) is 0 Å². The largest absolute Gasteiger partial charge is 0.461 e. The molecule has 0 aliphatic carbocycles. The summed E-state index contributed by atoms with van der Waals surface area (Å²) >= 11 is 8.05. The van der Waals surface area contributed by atoms with Gasteiger partial charge in [-0.1, -0.05) is 49.4 Å². The van der Waals surface area contributed by atoms with Crippen LogP contribution in [0, 0.1) is 17.8 Å². The number of nitrogens with zero attached hydrogens (tertiary/aromatic N) is 2. The molecule has 3 aliphatic rings. The number of hydrogen-bond acceptors (Lipinski definition) is 6. The Labute approximate surface area is 215 Å². The zero-order valence-corrected chi connectivity index (χ0v) is 21.3. The van der Waals surface area contributed by atoms with Gasteiger partial charge >= 0.3 is 5.97 Å². The van der Waals surface area contributed by atoms with Crippen LogP contribution >= 0.6 is 23.4 Å². The quantitative estimate of drug-likeness (QED) is 0.378. The Balaban J connectivity index is 1.79. The number of aliphatic hydroxyl groups is 1. The van der Waals surface area contributed by atoms with Crippen LogP contribution in [0.2, 0.25) is 5.02 Å². The van der Waals surface area contributed by atoms with Crippen molar-refractivity contribution in [1.82, 2.24) is 4.90 Å². The standard InChI is InChI=1S/C26H31ClN2O5S/c1-4-11-28(18-10-7-6-9-17(18)27)24(32)22-26-16(3)15-19(35-26)20(25(33)34-14-5-2)21(26)23(31)29(22)12-8-13-30/h4-7,9-10,16,19-22,30H,1-2,8,11-15H2,3H3/t16?,19-,20+,21-,22?,26?/m0/s1. The number of ether oxygens (including phenoxy) is 1. The Kier molecular flexibility index (Phi) is 7.64. The van der Waals surface area contributed by atoms with Gasteiger partial charge in [-0.25, -0.2) is 0 Å². The van der Waals surface area contributed by atoms with Crippen LogP contribution in [0.5, 0.6) is 0 Å². The SMILES string of the molecule is C=CCOC(=O)[C@@H]1[C@@H]2CC(C)C3(S2)C(C(=O)N(CC=C)c2ccccc2Cl)N(CCCO)C(=O)[C@H]13. The lowest BCUT2D eigenvalue weighted by Crippen LogP contribution is -2.57. The first kappa shape index (κ1) is 25.8. The summed E-state index contributed by atoms with van der Waals surface area (Å²) in [5.74, 6) is -2.16. The van der Waals surface area contributed by atoms with Gasteiger partial charge in [-0.3, -0.25) is 14.4 Å². The van der Waals surface area contributed by atoms with Gasteiger partial charge in [-0.2, -0.15) is 0 Å². The minimum Gasteiger partial charge on any atom is -0.461 e. The first-order valence-electron chi connectivity index (χ1n) is 11.9. The molecule has 1 aromatic carbocycles. The number of hydrogen-bond donors (Lipinski definition) is 1. The molecule has 3 aliphatic heterocycles. The molecule has 0 aromatic heterocycles. The number of halogens is 1. The lowest BCUT2D eigenvalue weighted by Gasteiger charge is -2.40. The summed E-state index contributed by atoms with van der Waals surface area (Å²) in [5, 5.41) is 9.84. The summed E-state index contributed by atoms with van der Waals surface area (Å²) in [6, 6.07) is 6.28. The normalized spacial score (nSPS) is 30.8. The third-order valence-corrected chi connectivity index (χ3v) is 9.77. The lowest BCUT2D eigenvalue weighted by molar-refractivity contribution is -0.153. The summed E-state index contributed by atoms with van der Waals surface area (Å²) in [6.45, 7) is 9.88. The summed E-state index contributed by atoms with van der Waals surface area (Å²) in [5.41, 5.74) is 0.542. The average molecular weight is 519 g/mol. The van der Waals surface area contributed by atoms with Crippen molar-refractivity contribution >= 4 is 46.8 Å². The number of amides is 2. The molecule has 6 atom stereocenters. The minimum absolute atomic E-state index is 0.0276. The van der Waals surface area contributed by atoms with Gasteiger partial charge in [0.25, 0.3) is 5.91 Å². The van der Waals surface area contributed by atoms with Crippen LogP contribution in [-0.2, 0) is 19.1 Å². The van der Waals surface area contributed by atoms with E-state index >= 15 is 0 Å². The molecule has 2 amide bonds. The van der Waals surface area contributed by atoms with Crippen LogP contribution in [0.1, 0.15) is 19.8 Å². The first-order valence-corrected chi connectivity index (χ1v) is 13.1. The Bertz CT molecular complexity index is 1030. The number of esters is 1. The third-order valence-electron chi connectivity index (χ3n) is 7.37. The molecule has 0 radical (unpaired) electrons. The van der Waals surface area contributed by atoms with Gasteiger partial charge in [0.15, 0.2) is 0 Å². The topological polar surface area (TPSA) is 87.2 Å². The highest BCUT2D eigenvalue weighted by Crippen LogP contribution is 2.68. The van der Waals surface area contributed by atoms with Crippen molar-refractivity contribution in [1.29, 1.82) is 0 Å². The molecule has 9 heteroatoms. The van der Waals surface area contributed by atoms with Crippen LogP contribution in [-0.4, -0.2) is 70.1 Å². The number of carbonyl (C=O) groups is 3. The van der Waals surface area contributed by atoms with Gasteiger partial charge in [-0.05, 0) is 30.9 Å². The zero-order valence-electron chi connectivity index (χ0n) is 19.8. The van der Waals surface area contributed by atoms with Crippen LogP contribution in [0.25, 0.3) is 0 Å². The molecule has 0 saturated carbocycles. The molecule has 1 N–H and O–H groups in total. The summed E-state index contributed by atoms with van der Waals surface area (Å²) < 4.78 is 4.62. The number of rotatable bonds is 10. The fourth-order valence-electron chi connectivity index (χ4n) is 6.04. The molecule has 3 heterocycles. The molecule has 2 bridgehead atoms. The van der Waals surface area contributed by atoms with E-state index in [4.69, 9.17) is 16.3 Å². The lowest BCUT2D eigenvalue weighted by atomic mass is 9.66. The van der Waals surface area contributed by atoms with Crippen molar-refractivity contribution in [2.75, 3.05) is 31.2 Å². The van der Waals surface area contributed by atoms with Gasteiger partial charge < -0.3 is 19.6 Å². The van der Waals surface area contributed by atoms with Crippen LogP contribution in [0.15, 0.2) is 49.6 Å². The number of anilines is 1. The summed E-state index contributed by atoms with van der Waals surface area (Å²) in [4.78, 5) is 44.5. The van der Waals surface area contributed by atoms with Gasteiger partial charge in [0, 0.05) is 24.9 Å². The van der Waals surface area contributed by atoms with Crippen LogP contribution < -0.4 is 4.90 Å². The molecule has 7 nitrogen and oxygen atoms in total. The highest BCUT2D eigenvalue weighted by atomic mass is 35.5. The number of para-hydroxylation sites is 1. The molecule has 1 aromatic rings. The van der Waals surface area contributed by atoms with E-state index < -0.39 is 28.6 Å². The predicted molar refractivity (Wildman–Crippen MR) is 137 cm³/mol. The molecule has 1 spiro atoms. The average Bonchev–Trinajstić information content (AvgIpc) is 3.43. The van der Waals surface area contributed by atoms with E-state index in [2.05, 4.69) is 20.1 Å². The summed E-state index contributed by atoms with van der Waals surface area (Å²) in [7, 11) is 0. The molecular formula is C26H31ClN2O5S. The number of carbonyl (C=O) groups excluding carboxylic acids is 3. The van der Waals surface area contributed by atoms with Crippen molar-refractivity contribution in [2.45, 2.75) is 35.8 Å². The fraction of sp³-hybridized carbons (Fsp3) is 0.500. The second-order valence-electron chi connectivity index (χ2n) is 9.27. The zero-order chi connectivity index (χ0) is 25.3. The van der Waals surface area contributed by atoms with Crippen molar-refractivity contribution < 1.29 is 24.2 Å². The molecule has 3 unspecified atom stereocenters. The number of fused-ring (bicyclic) bond motifs is 1. The number of benzene rings is 1. The predicted octanol–water partition coefficient (Wildman–Crippen LogP) is 3.31. The maximum Gasteiger partial charge on any atom is 0.311 e. The Hall–Kier alpha value is -2.29. The van der Waals surface area contributed by atoms with Crippen LogP contribution in [0.4, 0.5) is 5.69 Å². The van der Waals surface area contributed by atoms with Gasteiger partial charge in [0.05, 0.1) is 27.3 Å². The number of thioether (sulfide) groups is 1. The Morgan fingerprint density at radius 2 is 2.09 bits per heavy atom. The minimum atomic E-state index is -0.801. The molecule has 3 saturated heterocycles. The number of aliphatic hydroxyl groups excluding tert-OH is 1. The van der Waals surface area contributed by atoms with Crippen molar-refractivity contribution in [3.8, 4) is 0 Å². The molecule has 188 valence electrons. The first-order chi connectivity index (χ1) is 16.8. The molecule has 4 rings (SSSR count). The second-order valence-corrected chi connectivity index (χ2v) is 11.2. The third kappa shape index (κ3) is 4.09. The molecule has 3 fully saturated rings. The van der Waals surface area contributed by atoms with Gasteiger partial charge in [-0.15, -0.1) is 18.3 Å². The Morgan fingerprint density at radius 1 is 1.34 bits per heavy atom. The maximum atomic E-state index is 14.3. The van der Waals surface area contributed by atoms with Gasteiger partial charge in [0.2, 0.25) is 5.91 Å². The van der Waals surface area contributed by atoms with E-state index in [1.807, 2.05) is 0 Å². The van der Waals surface area contributed by atoms with Crippen LogP contribution in [0.3, 0.4) is 0 Å². The monoisotopic (exact) mass is 518 g/mol. The smallest absolute Gasteiger partial charge is 0.311 e. The molecule has 35 heavy (non-hydrogen) atoms. The van der Waals surface area contributed by atoms with Crippen molar-refractivity contribution in [2.24, 2.45) is 17.8 Å². The molecular weight excluding hydrogens is 488 g/mol. The van der Waals surface area contributed by atoms with E-state index in [0.29, 0.717) is 23.6 Å². The van der Waals surface area contributed by atoms with E-state index in [-0.39, 0.29) is 49.3 Å². The van der Waals surface area contributed by atoms with Crippen molar-refractivity contribution in [3.05, 3.63) is 54.6 Å². The van der Waals surface area contributed by atoms with E-state index in [1.54, 1.807) is 51.9 Å². The Morgan fingerprint density at radius 3 is 2.74 bits per heavy atom. The maximum absolute atomic E-state index is 14.3. The fourth-order valence-corrected chi connectivity index (χ4v) is 8.68. The highest BCUT2D eigenvalue weighted by molar-refractivity contribution is 8.02. The van der Waals surface area contributed by atoms with Gasteiger partial charge in [0.1, 0.15) is 12.6 Å². The second kappa shape index (κ2) is 10.4. The van der Waals surface area contributed by atoms with E-state index in [9.17, 15) is 19.5 Å². The summed E-state index contributed by atoms with van der Waals surface area (Å²) in [6.07, 6.45) is 4.18. The highest BCUT2D eigenvalue weighted by Gasteiger charge is 2.76.